The SMILES string of the molecule is CCCCCCCCCC=CC=CC=CC=CC=CC=CC(=O)O.CCCCCCCCCC=CC=CC=CC=CC=CC=CC(=O)O.CCCCCCCCCC=CC=CC=CC=CC=CC=CC(=O)OCC(O)CO. The van der Waals surface area contributed by atoms with E-state index in [-0.39, 0.29) is 6.61 Å². The van der Waals surface area contributed by atoms with Gasteiger partial charge in [0.25, 0.3) is 0 Å². The molecule has 0 aromatic heterocycles. The predicted molar refractivity (Wildman–Crippen MR) is 332 cm³/mol. The van der Waals surface area contributed by atoms with Crippen molar-refractivity contribution in [3.63, 3.8) is 0 Å². The van der Waals surface area contributed by atoms with Gasteiger partial charge in [0.15, 0.2) is 0 Å². The smallest absolute Gasteiger partial charge is 0.330 e. The maximum absolute atomic E-state index is 11.3. The molecule has 0 aliphatic carbocycles. The number of aliphatic carboxylic acids is 2. The Kier molecular flexibility index (Phi) is 67.7. The van der Waals surface area contributed by atoms with Crippen LogP contribution >= 0.6 is 0 Å². The molecule has 8 nitrogen and oxygen atoms in total. The van der Waals surface area contributed by atoms with Crippen molar-refractivity contribution in [1.82, 2.24) is 0 Å². The van der Waals surface area contributed by atoms with Gasteiger partial charge in [-0.2, -0.15) is 0 Å². The number of aliphatic hydroxyl groups excluding tert-OH is 2. The molecule has 0 amide bonds. The van der Waals surface area contributed by atoms with E-state index in [9.17, 15) is 14.4 Å². The Labute approximate surface area is 468 Å². The number of carboxylic acid groups (broad SMARTS) is 2. The standard InChI is InChI=1S/C25H38O4.2C22H32O2/c1-2-3-4-5-6-7-8-9-10-11-12-13-14-15-16-17-18-19-20-21-25(28)29-23-24(27)22-26;2*1-2-3-4-5-6-7-8-9-10-11-12-13-14-15-16-17-18-19-20-21-22(23)24/h10-21,24,26-27H,2-9,22-23H2,1H3;2*10-21H,2-9H2,1H3,(H,23,24). The van der Waals surface area contributed by atoms with Crippen molar-refractivity contribution in [3.8, 4) is 0 Å². The Morgan fingerprint density at radius 1 is 0.325 bits per heavy atom. The van der Waals surface area contributed by atoms with Crippen LogP contribution in [-0.4, -0.2) is 57.7 Å². The highest BCUT2D eigenvalue weighted by Crippen LogP contribution is 2.11. The molecule has 0 bridgehead atoms. The third-order valence-corrected chi connectivity index (χ3v) is 10.7. The van der Waals surface area contributed by atoms with E-state index in [1.165, 1.54) is 153 Å². The lowest BCUT2D eigenvalue weighted by molar-refractivity contribution is -0.141. The molecule has 8 heteroatoms. The van der Waals surface area contributed by atoms with Crippen LogP contribution in [0.5, 0.6) is 0 Å². The van der Waals surface area contributed by atoms with Crippen LogP contribution in [-0.2, 0) is 19.1 Å². The zero-order chi connectivity index (χ0) is 56.9. The molecule has 0 aliphatic heterocycles. The summed E-state index contributed by atoms with van der Waals surface area (Å²) < 4.78 is 4.72. The number of aliphatic hydroxyl groups is 2. The molecule has 4 N–H and O–H groups in total. The first-order valence-corrected chi connectivity index (χ1v) is 28.7. The number of ether oxygens (including phenoxy) is 1. The quantitative estimate of drug-likeness (QED) is 0.0204. The van der Waals surface area contributed by atoms with Gasteiger partial charge in [-0.3, -0.25) is 0 Å². The van der Waals surface area contributed by atoms with Gasteiger partial charge in [-0.05, 0) is 38.5 Å². The maximum atomic E-state index is 11.3. The number of hydrogen-bond donors (Lipinski definition) is 4. The number of unbranched alkanes of at least 4 members (excludes halogenated alkanes) is 21. The molecule has 1 unspecified atom stereocenters. The second-order valence-corrected chi connectivity index (χ2v) is 17.9. The van der Waals surface area contributed by atoms with Crippen LogP contribution in [0.15, 0.2) is 219 Å². The molecule has 77 heavy (non-hydrogen) atoms. The number of hydrogen-bond acceptors (Lipinski definition) is 6. The summed E-state index contributed by atoms with van der Waals surface area (Å²) in [4.78, 5) is 31.7. The molecule has 426 valence electrons. The fraction of sp³-hybridized carbons (Fsp3) is 0.435. The molecular formula is C69H102O8. The van der Waals surface area contributed by atoms with E-state index in [4.69, 9.17) is 25.2 Å². The third-order valence-electron chi connectivity index (χ3n) is 10.7. The van der Waals surface area contributed by atoms with E-state index < -0.39 is 30.6 Å². The van der Waals surface area contributed by atoms with Crippen molar-refractivity contribution < 1.29 is 39.5 Å². The molecular weight excluding hydrogens is 957 g/mol. The third kappa shape index (κ3) is 78.7. The lowest BCUT2D eigenvalue weighted by Gasteiger charge is -2.05. The zero-order valence-corrected chi connectivity index (χ0v) is 47.7. The van der Waals surface area contributed by atoms with Gasteiger partial charge in [0.05, 0.1) is 6.61 Å². The molecule has 0 aliphatic rings. The Morgan fingerprint density at radius 2 is 0.545 bits per heavy atom. The summed E-state index contributed by atoms with van der Waals surface area (Å²) in [7, 11) is 0. The molecule has 0 aromatic carbocycles. The second-order valence-electron chi connectivity index (χ2n) is 17.9. The molecule has 0 rings (SSSR count). The number of allylic oxidation sites excluding steroid dienone is 33. The lowest BCUT2D eigenvalue weighted by atomic mass is 10.1. The van der Waals surface area contributed by atoms with E-state index >= 15 is 0 Å². The molecule has 0 aromatic rings. The van der Waals surface area contributed by atoms with Crippen LogP contribution in [0.2, 0.25) is 0 Å². The van der Waals surface area contributed by atoms with Gasteiger partial charge in [-0.1, -0.05) is 337 Å². The minimum absolute atomic E-state index is 0.212. The normalized spacial score (nSPS) is 13.4. The van der Waals surface area contributed by atoms with Crippen molar-refractivity contribution >= 4 is 17.9 Å². The number of carboxylic acids is 2. The molecule has 0 spiro atoms. The number of esters is 1. The minimum atomic E-state index is -1.03. The lowest BCUT2D eigenvalue weighted by Crippen LogP contribution is -2.21. The predicted octanol–water partition coefficient (Wildman–Crippen LogP) is 18.5. The van der Waals surface area contributed by atoms with Crippen molar-refractivity contribution in [2.45, 2.75) is 181 Å². The van der Waals surface area contributed by atoms with Gasteiger partial charge in [-0.25, -0.2) is 14.4 Å². The van der Waals surface area contributed by atoms with Crippen LogP contribution < -0.4 is 0 Å². The monoisotopic (exact) mass is 1060 g/mol. The topological polar surface area (TPSA) is 141 Å². The van der Waals surface area contributed by atoms with E-state index in [2.05, 4.69) is 57.2 Å². The Bertz CT molecular complexity index is 1830. The molecule has 0 saturated carbocycles. The summed E-state index contributed by atoms with van der Waals surface area (Å²) in [6.45, 7) is 6.11. The summed E-state index contributed by atoms with van der Waals surface area (Å²) in [6.07, 6.45) is 97.3. The summed E-state index contributed by atoms with van der Waals surface area (Å²) in [5, 5.41) is 34.4. The first-order valence-electron chi connectivity index (χ1n) is 28.7. The van der Waals surface area contributed by atoms with Gasteiger partial charge in [-0.15, -0.1) is 0 Å². The van der Waals surface area contributed by atoms with Crippen molar-refractivity contribution in [3.05, 3.63) is 219 Å². The molecule has 1 atom stereocenters. The van der Waals surface area contributed by atoms with Gasteiger partial charge in [0.1, 0.15) is 12.7 Å². The van der Waals surface area contributed by atoms with Gasteiger partial charge >= 0.3 is 17.9 Å². The van der Waals surface area contributed by atoms with Crippen LogP contribution in [0.4, 0.5) is 0 Å². The summed E-state index contributed by atoms with van der Waals surface area (Å²) in [5.41, 5.74) is 0. The molecule has 0 radical (unpaired) electrons. The van der Waals surface area contributed by atoms with E-state index in [0.29, 0.717) is 0 Å². The first-order chi connectivity index (χ1) is 37.7. The second kappa shape index (κ2) is 69.7. The molecule has 0 heterocycles. The van der Waals surface area contributed by atoms with Gasteiger partial charge in [0.2, 0.25) is 0 Å². The highest BCUT2D eigenvalue weighted by Gasteiger charge is 2.04. The molecule has 0 saturated heterocycles. The zero-order valence-electron chi connectivity index (χ0n) is 47.7. The summed E-state index contributed by atoms with van der Waals surface area (Å²) in [6, 6.07) is 0. The fourth-order valence-electron chi connectivity index (χ4n) is 6.41. The van der Waals surface area contributed by atoms with Crippen molar-refractivity contribution in [1.29, 1.82) is 0 Å². The molecule has 0 fully saturated rings. The van der Waals surface area contributed by atoms with Gasteiger partial charge < -0.3 is 25.2 Å². The highest BCUT2D eigenvalue weighted by atomic mass is 16.5. The van der Waals surface area contributed by atoms with Crippen molar-refractivity contribution in [2.24, 2.45) is 0 Å². The van der Waals surface area contributed by atoms with Crippen LogP contribution in [0.25, 0.3) is 0 Å². The average Bonchev–Trinajstić information content (AvgIpc) is 3.42. The average molecular weight is 1060 g/mol. The van der Waals surface area contributed by atoms with Crippen molar-refractivity contribution in [2.75, 3.05) is 13.2 Å². The van der Waals surface area contributed by atoms with E-state index in [1.54, 1.807) is 42.5 Å². The summed E-state index contributed by atoms with van der Waals surface area (Å²) in [5.74, 6) is -2.43. The van der Waals surface area contributed by atoms with Crippen LogP contribution in [0.1, 0.15) is 175 Å². The maximum Gasteiger partial charge on any atom is 0.330 e. The number of carbonyl (C=O) groups excluding carboxylic acids is 1. The van der Waals surface area contributed by atoms with E-state index in [0.717, 1.165) is 31.4 Å². The fourth-order valence-corrected chi connectivity index (χ4v) is 6.41. The largest absolute Gasteiger partial charge is 0.478 e. The Balaban J connectivity index is -0.00000107. The van der Waals surface area contributed by atoms with Crippen LogP contribution in [0.3, 0.4) is 0 Å². The summed E-state index contributed by atoms with van der Waals surface area (Å²) >= 11 is 0. The minimum Gasteiger partial charge on any atom is -0.478 e. The van der Waals surface area contributed by atoms with E-state index in [1.807, 2.05) is 109 Å². The number of carbonyl (C=O) groups is 3. The Morgan fingerprint density at radius 3 is 0.792 bits per heavy atom. The highest BCUT2D eigenvalue weighted by molar-refractivity contribution is 5.82. The first kappa shape index (κ1) is 74.9. The van der Waals surface area contributed by atoms with Gasteiger partial charge in [0, 0.05) is 18.2 Å². The Hall–Kier alpha value is -6.35. The number of rotatable bonds is 45. The van der Waals surface area contributed by atoms with Crippen LogP contribution in [0, 0.1) is 0 Å².